The van der Waals surface area contributed by atoms with Gasteiger partial charge in [0.05, 0.1) is 0 Å². The van der Waals surface area contributed by atoms with Crippen molar-refractivity contribution >= 4 is 40.8 Å². The monoisotopic (exact) mass is 263 g/mol. The minimum absolute atomic E-state index is 0.180. The lowest BCUT2D eigenvalue weighted by Crippen LogP contribution is -2.18. The van der Waals surface area contributed by atoms with Gasteiger partial charge in [0.1, 0.15) is 11.0 Å². The van der Waals surface area contributed by atoms with E-state index >= 15 is 0 Å². The van der Waals surface area contributed by atoms with E-state index < -0.39 is 0 Å². The molecule has 0 saturated heterocycles. The Balaban J connectivity index is 1.99. The van der Waals surface area contributed by atoms with Crippen LogP contribution in [0.2, 0.25) is 10.4 Å². The molecule has 0 atom stereocenters. The van der Waals surface area contributed by atoms with Crippen molar-refractivity contribution < 1.29 is 0 Å². The summed E-state index contributed by atoms with van der Waals surface area (Å²) >= 11 is 13.4. The first-order valence-electron chi connectivity index (χ1n) is 4.63. The van der Waals surface area contributed by atoms with Crippen LogP contribution < -0.4 is 5.32 Å². The molecule has 1 saturated carbocycles. The number of hydrogen-bond donors (Lipinski definition) is 1. The molecule has 6 heteroatoms. The standard InChI is InChI=1S/C9H11Cl2N3S/c1-15-9(2-3-9)5-12-7-4-6(10)13-8(11)14-7/h4H,2-3,5H2,1H3,(H,12,13,14). The van der Waals surface area contributed by atoms with Gasteiger partial charge >= 0.3 is 0 Å². The molecule has 1 aromatic heterocycles. The van der Waals surface area contributed by atoms with E-state index in [1.807, 2.05) is 11.8 Å². The fourth-order valence-corrected chi connectivity index (χ4v) is 2.46. The third kappa shape index (κ3) is 2.89. The van der Waals surface area contributed by atoms with Gasteiger partial charge in [-0.15, -0.1) is 0 Å². The van der Waals surface area contributed by atoms with Crippen LogP contribution in [0.5, 0.6) is 0 Å². The molecule has 3 nitrogen and oxygen atoms in total. The molecule has 1 fully saturated rings. The lowest BCUT2D eigenvalue weighted by atomic mass is 10.4. The van der Waals surface area contributed by atoms with Crippen molar-refractivity contribution in [3.63, 3.8) is 0 Å². The second-order valence-electron chi connectivity index (χ2n) is 3.59. The number of aromatic nitrogens is 2. The van der Waals surface area contributed by atoms with Gasteiger partial charge in [0.25, 0.3) is 0 Å². The number of rotatable bonds is 4. The number of hydrogen-bond acceptors (Lipinski definition) is 4. The highest BCUT2D eigenvalue weighted by Crippen LogP contribution is 2.46. The van der Waals surface area contributed by atoms with E-state index in [1.165, 1.54) is 12.8 Å². The fraction of sp³-hybridized carbons (Fsp3) is 0.556. The van der Waals surface area contributed by atoms with Crippen LogP contribution in [0.4, 0.5) is 5.82 Å². The van der Waals surface area contributed by atoms with Crippen LogP contribution in [0.1, 0.15) is 12.8 Å². The first kappa shape index (κ1) is 11.3. The van der Waals surface area contributed by atoms with E-state index in [-0.39, 0.29) is 5.28 Å². The summed E-state index contributed by atoms with van der Waals surface area (Å²) in [5, 5.41) is 3.79. The zero-order valence-electron chi connectivity index (χ0n) is 8.26. The van der Waals surface area contributed by atoms with Gasteiger partial charge in [-0.3, -0.25) is 0 Å². The average Bonchev–Trinajstić information content (AvgIpc) is 2.94. The summed E-state index contributed by atoms with van der Waals surface area (Å²) in [6, 6.07) is 1.68. The van der Waals surface area contributed by atoms with Crippen LogP contribution in [-0.2, 0) is 0 Å². The van der Waals surface area contributed by atoms with Crippen molar-refractivity contribution in [2.75, 3.05) is 18.1 Å². The van der Waals surface area contributed by atoms with E-state index in [0.29, 0.717) is 15.7 Å². The Hall–Kier alpha value is -0.190. The number of halogens is 2. The highest BCUT2D eigenvalue weighted by atomic mass is 35.5. The maximum atomic E-state index is 5.77. The molecule has 1 aliphatic rings. The smallest absolute Gasteiger partial charge is 0.225 e. The molecule has 0 bridgehead atoms. The third-order valence-electron chi connectivity index (χ3n) is 2.50. The van der Waals surface area contributed by atoms with Crippen LogP contribution in [0.15, 0.2) is 6.07 Å². The van der Waals surface area contributed by atoms with Gasteiger partial charge in [0.2, 0.25) is 5.28 Å². The summed E-state index contributed by atoms with van der Waals surface area (Å²) in [5.74, 6) is 0.695. The predicted octanol–water partition coefficient (Wildman–Crippen LogP) is 3.09. The van der Waals surface area contributed by atoms with Crippen molar-refractivity contribution in [3.05, 3.63) is 16.5 Å². The minimum Gasteiger partial charge on any atom is -0.368 e. The molecule has 1 N–H and O–H groups in total. The van der Waals surface area contributed by atoms with Crippen LogP contribution in [0.25, 0.3) is 0 Å². The molecule has 0 amide bonds. The summed E-state index contributed by atoms with van der Waals surface area (Å²) < 4.78 is 0.393. The maximum Gasteiger partial charge on any atom is 0.225 e. The summed E-state index contributed by atoms with van der Waals surface area (Å²) in [7, 11) is 0. The Morgan fingerprint density at radius 1 is 1.47 bits per heavy atom. The van der Waals surface area contributed by atoms with Crippen molar-refractivity contribution in [2.24, 2.45) is 0 Å². The molecule has 0 unspecified atom stereocenters. The summed E-state index contributed by atoms with van der Waals surface area (Å²) in [5.41, 5.74) is 0. The van der Waals surface area contributed by atoms with Crippen molar-refractivity contribution in [2.45, 2.75) is 17.6 Å². The van der Waals surface area contributed by atoms with E-state index in [1.54, 1.807) is 6.07 Å². The molecule has 15 heavy (non-hydrogen) atoms. The highest BCUT2D eigenvalue weighted by molar-refractivity contribution is 8.00. The molecule has 2 rings (SSSR count). The number of thioether (sulfide) groups is 1. The van der Waals surface area contributed by atoms with Gasteiger partial charge in [-0.2, -0.15) is 11.8 Å². The molecule has 1 aliphatic carbocycles. The SMILES string of the molecule is CSC1(CNc2cc(Cl)nc(Cl)n2)CC1. The van der Waals surface area contributed by atoms with E-state index in [0.717, 1.165) is 6.54 Å². The van der Waals surface area contributed by atoms with Crippen molar-refractivity contribution in [1.82, 2.24) is 9.97 Å². The number of anilines is 1. The topological polar surface area (TPSA) is 37.8 Å². The van der Waals surface area contributed by atoms with Gasteiger partial charge in [0.15, 0.2) is 0 Å². The van der Waals surface area contributed by atoms with Crippen LogP contribution in [0.3, 0.4) is 0 Å². The average molecular weight is 264 g/mol. The quantitative estimate of drug-likeness (QED) is 0.670. The Morgan fingerprint density at radius 2 is 2.20 bits per heavy atom. The molecular weight excluding hydrogens is 253 g/mol. The number of nitrogens with one attached hydrogen (secondary N) is 1. The van der Waals surface area contributed by atoms with Crippen LogP contribution in [-0.4, -0.2) is 27.5 Å². The summed E-state index contributed by atoms with van der Waals surface area (Å²) in [4.78, 5) is 7.84. The summed E-state index contributed by atoms with van der Waals surface area (Å²) in [6.45, 7) is 0.901. The zero-order valence-corrected chi connectivity index (χ0v) is 10.6. The molecule has 82 valence electrons. The van der Waals surface area contributed by atoms with Crippen LogP contribution >= 0.6 is 35.0 Å². The number of nitrogens with zero attached hydrogens (tertiary/aromatic N) is 2. The van der Waals surface area contributed by atoms with Crippen molar-refractivity contribution in [1.29, 1.82) is 0 Å². The van der Waals surface area contributed by atoms with Gasteiger partial charge in [-0.1, -0.05) is 11.6 Å². The second kappa shape index (κ2) is 4.36. The van der Waals surface area contributed by atoms with Gasteiger partial charge in [0, 0.05) is 17.4 Å². The first-order chi connectivity index (χ1) is 7.13. The second-order valence-corrected chi connectivity index (χ2v) is 5.59. The third-order valence-corrected chi connectivity index (χ3v) is 4.28. The molecule has 1 heterocycles. The Bertz CT molecular complexity index is 348. The zero-order chi connectivity index (χ0) is 10.9. The lowest BCUT2D eigenvalue weighted by molar-refractivity contribution is 0.937. The maximum absolute atomic E-state index is 5.77. The van der Waals surface area contributed by atoms with Crippen molar-refractivity contribution in [3.8, 4) is 0 Å². The predicted molar refractivity (Wildman–Crippen MR) is 66.0 cm³/mol. The Kier molecular flexibility index (Phi) is 3.28. The molecule has 1 aromatic rings. The van der Waals surface area contributed by atoms with Gasteiger partial charge in [-0.25, -0.2) is 9.97 Å². The van der Waals surface area contributed by atoms with E-state index in [4.69, 9.17) is 23.2 Å². The fourth-order valence-electron chi connectivity index (χ4n) is 1.32. The molecule has 0 aliphatic heterocycles. The van der Waals surface area contributed by atoms with Gasteiger partial charge in [-0.05, 0) is 30.7 Å². The molecule has 0 spiro atoms. The molecule has 0 radical (unpaired) electrons. The Morgan fingerprint density at radius 3 is 2.73 bits per heavy atom. The largest absolute Gasteiger partial charge is 0.368 e. The first-order valence-corrected chi connectivity index (χ1v) is 6.61. The lowest BCUT2D eigenvalue weighted by Gasteiger charge is -2.13. The normalized spacial score (nSPS) is 17.5. The van der Waals surface area contributed by atoms with E-state index in [2.05, 4.69) is 21.5 Å². The molecule has 0 aromatic carbocycles. The highest BCUT2D eigenvalue weighted by Gasteiger charge is 2.41. The van der Waals surface area contributed by atoms with Crippen LogP contribution in [0, 0.1) is 0 Å². The van der Waals surface area contributed by atoms with E-state index in [9.17, 15) is 0 Å². The molecular formula is C9H11Cl2N3S. The Labute approximate surface area is 103 Å². The summed E-state index contributed by atoms with van der Waals surface area (Å²) in [6.07, 6.45) is 4.65. The minimum atomic E-state index is 0.180. The van der Waals surface area contributed by atoms with Gasteiger partial charge < -0.3 is 5.32 Å².